The van der Waals surface area contributed by atoms with Crippen LogP contribution in [-0.4, -0.2) is 21.0 Å². The van der Waals surface area contributed by atoms with E-state index >= 15 is 0 Å². The molecule has 0 bridgehead atoms. The summed E-state index contributed by atoms with van der Waals surface area (Å²) in [5, 5.41) is 8.87. The summed E-state index contributed by atoms with van der Waals surface area (Å²) < 4.78 is 0. The maximum atomic E-state index is 10.8. The van der Waals surface area contributed by atoms with Gasteiger partial charge in [-0.25, -0.2) is 4.98 Å². The predicted molar refractivity (Wildman–Crippen MR) is 69.3 cm³/mol. The molecule has 1 heterocycles. The van der Waals surface area contributed by atoms with Gasteiger partial charge in [-0.2, -0.15) is 0 Å². The van der Waals surface area contributed by atoms with Gasteiger partial charge in [-0.05, 0) is 12.5 Å². The molecule has 18 heavy (non-hydrogen) atoms. The second-order valence-corrected chi connectivity index (χ2v) is 4.50. The van der Waals surface area contributed by atoms with Crippen LogP contribution in [0.25, 0.3) is 11.3 Å². The van der Waals surface area contributed by atoms with Crippen LogP contribution in [0, 0.1) is 12.8 Å². The van der Waals surface area contributed by atoms with E-state index in [1.807, 2.05) is 31.2 Å². The van der Waals surface area contributed by atoms with Crippen LogP contribution in [-0.2, 0) is 11.2 Å². The van der Waals surface area contributed by atoms with Crippen LogP contribution in [0.2, 0.25) is 0 Å². The maximum Gasteiger partial charge on any atom is 0.306 e. The van der Waals surface area contributed by atoms with E-state index in [1.165, 1.54) is 5.56 Å². The van der Waals surface area contributed by atoms with E-state index in [4.69, 9.17) is 5.11 Å². The molecule has 0 radical (unpaired) electrons. The molecule has 2 aromatic rings. The summed E-state index contributed by atoms with van der Waals surface area (Å²) in [5.74, 6) is -0.520. The molecule has 1 aromatic heterocycles. The van der Waals surface area contributed by atoms with Crippen molar-refractivity contribution in [3.8, 4) is 11.3 Å². The van der Waals surface area contributed by atoms with Crippen molar-refractivity contribution in [1.29, 1.82) is 0 Å². The Morgan fingerprint density at radius 3 is 2.83 bits per heavy atom. The Morgan fingerprint density at radius 2 is 2.17 bits per heavy atom. The van der Waals surface area contributed by atoms with Gasteiger partial charge in [0.1, 0.15) is 5.82 Å². The first-order chi connectivity index (χ1) is 8.58. The Hall–Kier alpha value is -2.10. The molecule has 0 amide bonds. The summed E-state index contributed by atoms with van der Waals surface area (Å²) in [7, 11) is 0. The molecule has 4 heteroatoms. The Balaban J connectivity index is 2.21. The van der Waals surface area contributed by atoms with Crippen molar-refractivity contribution < 1.29 is 9.90 Å². The zero-order valence-corrected chi connectivity index (χ0v) is 10.5. The molecule has 4 nitrogen and oxygen atoms in total. The van der Waals surface area contributed by atoms with Gasteiger partial charge in [0, 0.05) is 12.0 Å². The number of aromatic nitrogens is 2. The summed E-state index contributed by atoms with van der Waals surface area (Å²) in [6.07, 6.45) is 2.17. The van der Waals surface area contributed by atoms with Crippen molar-refractivity contribution in [2.45, 2.75) is 20.3 Å². The average molecular weight is 244 g/mol. The molecule has 0 saturated heterocycles. The van der Waals surface area contributed by atoms with E-state index in [1.54, 1.807) is 13.1 Å². The Kier molecular flexibility index (Phi) is 3.46. The first-order valence-corrected chi connectivity index (χ1v) is 5.90. The van der Waals surface area contributed by atoms with Gasteiger partial charge in [-0.3, -0.25) is 4.79 Å². The van der Waals surface area contributed by atoms with Gasteiger partial charge in [0.2, 0.25) is 0 Å². The Labute approximate surface area is 106 Å². The average Bonchev–Trinajstić information content (AvgIpc) is 2.77. The number of aryl methyl sites for hydroxylation is 1. The third kappa shape index (κ3) is 2.59. The zero-order chi connectivity index (χ0) is 13.1. The smallest absolute Gasteiger partial charge is 0.306 e. The van der Waals surface area contributed by atoms with Crippen LogP contribution in [0.15, 0.2) is 30.5 Å². The minimum atomic E-state index is -0.802. The minimum absolute atomic E-state index is 0.418. The monoisotopic (exact) mass is 244 g/mol. The Bertz CT molecular complexity index is 560. The van der Waals surface area contributed by atoms with Crippen molar-refractivity contribution in [1.82, 2.24) is 9.97 Å². The van der Waals surface area contributed by atoms with E-state index in [9.17, 15) is 4.79 Å². The lowest BCUT2D eigenvalue weighted by Crippen LogP contribution is -2.12. The molecule has 1 aromatic carbocycles. The molecule has 2 rings (SSSR count). The van der Waals surface area contributed by atoms with Crippen molar-refractivity contribution >= 4 is 5.97 Å². The third-order valence-electron chi connectivity index (χ3n) is 2.98. The molecular formula is C14H16N2O2. The molecule has 0 aliphatic rings. The van der Waals surface area contributed by atoms with E-state index < -0.39 is 11.9 Å². The molecule has 0 spiro atoms. The number of imidazole rings is 1. The van der Waals surface area contributed by atoms with Crippen LogP contribution in [0.3, 0.4) is 0 Å². The molecule has 0 aliphatic carbocycles. The molecule has 0 aliphatic heterocycles. The number of nitrogens with zero attached hydrogens (tertiary/aromatic N) is 1. The van der Waals surface area contributed by atoms with Crippen LogP contribution in [0.4, 0.5) is 0 Å². The van der Waals surface area contributed by atoms with Crippen LogP contribution in [0.1, 0.15) is 18.3 Å². The number of aromatic amines is 1. The number of carbonyl (C=O) groups is 1. The van der Waals surface area contributed by atoms with E-state index in [0.717, 1.165) is 11.3 Å². The number of carboxylic acid groups (broad SMARTS) is 1. The fourth-order valence-electron chi connectivity index (χ4n) is 1.86. The molecule has 1 atom stereocenters. The van der Waals surface area contributed by atoms with Gasteiger partial charge in [-0.15, -0.1) is 0 Å². The van der Waals surface area contributed by atoms with Gasteiger partial charge in [0.05, 0.1) is 17.8 Å². The molecule has 1 unspecified atom stereocenters. The number of H-pyrrole nitrogens is 1. The summed E-state index contributed by atoms with van der Waals surface area (Å²) in [4.78, 5) is 18.2. The fraction of sp³-hybridized carbons (Fsp3) is 0.286. The molecule has 2 N–H and O–H groups in total. The number of carboxylic acids is 1. The number of hydrogen-bond donors (Lipinski definition) is 2. The first-order valence-electron chi connectivity index (χ1n) is 5.90. The third-order valence-corrected chi connectivity index (χ3v) is 2.98. The van der Waals surface area contributed by atoms with Crippen LogP contribution >= 0.6 is 0 Å². The number of benzene rings is 1. The van der Waals surface area contributed by atoms with Crippen LogP contribution in [0.5, 0.6) is 0 Å². The van der Waals surface area contributed by atoms with Crippen molar-refractivity contribution in [3.63, 3.8) is 0 Å². The van der Waals surface area contributed by atoms with Gasteiger partial charge >= 0.3 is 5.97 Å². The maximum absolute atomic E-state index is 10.8. The van der Waals surface area contributed by atoms with Crippen molar-refractivity contribution in [2.75, 3.05) is 0 Å². The second kappa shape index (κ2) is 5.04. The first kappa shape index (κ1) is 12.4. The summed E-state index contributed by atoms with van der Waals surface area (Å²) in [6.45, 7) is 3.72. The fourth-order valence-corrected chi connectivity index (χ4v) is 1.86. The van der Waals surface area contributed by atoms with E-state index in [-0.39, 0.29) is 0 Å². The van der Waals surface area contributed by atoms with Crippen molar-refractivity contribution in [3.05, 3.63) is 41.9 Å². The number of hydrogen-bond acceptors (Lipinski definition) is 2. The van der Waals surface area contributed by atoms with Gasteiger partial charge in [0.15, 0.2) is 0 Å². The number of nitrogens with one attached hydrogen (secondary N) is 1. The summed E-state index contributed by atoms with van der Waals surface area (Å²) >= 11 is 0. The normalized spacial score (nSPS) is 12.3. The molecule has 94 valence electrons. The van der Waals surface area contributed by atoms with Crippen LogP contribution < -0.4 is 0 Å². The Morgan fingerprint density at radius 1 is 1.44 bits per heavy atom. The standard InChI is InChI=1S/C14H16N2O2/c1-9-5-3-4-6-11(9)12-8-15-13(16-12)7-10(2)14(17)18/h3-6,8,10H,7H2,1-2H3,(H,15,16)(H,17,18). The highest BCUT2D eigenvalue weighted by Gasteiger charge is 2.14. The van der Waals surface area contributed by atoms with Gasteiger partial charge in [-0.1, -0.05) is 31.2 Å². The highest BCUT2D eigenvalue weighted by molar-refractivity contribution is 5.69. The highest BCUT2D eigenvalue weighted by atomic mass is 16.4. The molecule has 0 saturated carbocycles. The van der Waals surface area contributed by atoms with E-state index in [2.05, 4.69) is 9.97 Å². The van der Waals surface area contributed by atoms with Gasteiger partial charge in [0.25, 0.3) is 0 Å². The summed E-state index contributed by atoms with van der Waals surface area (Å²) in [5.41, 5.74) is 3.19. The lowest BCUT2D eigenvalue weighted by Gasteiger charge is -2.03. The lowest BCUT2D eigenvalue weighted by atomic mass is 10.1. The van der Waals surface area contributed by atoms with E-state index in [0.29, 0.717) is 12.2 Å². The lowest BCUT2D eigenvalue weighted by molar-refractivity contribution is -0.141. The zero-order valence-electron chi connectivity index (χ0n) is 10.5. The molecule has 0 fully saturated rings. The quantitative estimate of drug-likeness (QED) is 0.868. The topological polar surface area (TPSA) is 66.0 Å². The number of rotatable bonds is 4. The van der Waals surface area contributed by atoms with Crippen molar-refractivity contribution in [2.24, 2.45) is 5.92 Å². The second-order valence-electron chi connectivity index (χ2n) is 4.50. The number of aliphatic carboxylic acids is 1. The largest absolute Gasteiger partial charge is 0.481 e. The predicted octanol–water partition coefficient (Wildman–Crippen LogP) is 2.65. The summed E-state index contributed by atoms with van der Waals surface area (Å²) in [6, 6.07) is 8.02. The molecular weight excluding hydrogens is 228 g/mol. The SMILES string of the molecule is Cc1ccccc1-c1cnc(CC(C)C(=O)O)[nH]1. The minimum Gasteiger partial charge on any atom is -0.481 e. The van der Waals surface area contributed by atoms with Gasteiger partial charge < -0.3 is 10.1 Å². The highest BCUT2D eigenvalue weighted by Crippen LogP contribution is 2.21.